The number of ether oxygens (including phenoxy) is 5. The quantitative estimate of drug-likeness (QED) is 0.00515. The number of hydrogen-bond acceptors (Lipinski definition) is 18. The largest absolute Gasteiger partial charge is 0.475 e. The predicted octanol–water partition coefficient (Wildman–Crippen LogP) is 20.6. The summed E-state index contributed by atoms with van der Waals surface area (Å²) in [6.45, 7) is 14.5. The summed E-state index contributed by atoms with van der Waals surface area (Å²) in [6, 6.07) is 84.2. The highest BCUT2D eigenvalue weighted by Crippen LogP contribution is 2.53. The zero-order chi connectivity index (χ0) is 93.5. The highest BCUT2D eigenvalue weighted by atomic mass is 31.2. The van der Waals surface area contributed by atoms with Gasteiger partial charge < -0.3 is 55.2 Å². The van der Waals surface area contributed by atoms with E-state index in [2.05, 4.69) is 64.6 Å². The van der Waals surface area contributed by atoms with Crippen molar-refractivity contribution in [3.05, 3.63) is 335 Å². The van der Waals surface area contributed by atoms with E-state index in [1.165, 1.54) is 85.0 Å². The van der Waals surface area contributed by atoms with Gasteiger partial charge in [0, 0.05) is 27.2 Å². The lowest BCUT2D eigenvalue weighted by Gasteiger charge is -2.38. The number of amides is 4. The Bertz CT molecular complexity index is 4540. The van der Waals surface area contributed by atoms with Gasteiger partial charge in [-0.2, -0.15) is 0 Å². The Hall–Kier alpha value is -11.0. The molecule has 9 aromatic carbocycles. The number of aliphatic hydroxyl groups excluding tert-OH is 2. The van der Waals surface area contributed by atoms with Gasteiger partial charge in [-0.05, 0) is 108 Å². The van der Waals surface area contributed by atoms with Gasteiger partial charge in [-0.1, -0.05) is 367 Å². The van der Waals surface area contributed by atoms with E-state index in [1.807, 2.05) is 185 Å². The van der Waals surface area contributed by atoms with Gasteiger partial charge in [0.2, 0.25) is 23.6 Å². The van der Waals surface area contributed by atoms with Crippen LogP contribution in [-0.2, 0) is 72.2 Å². The number of rotatable bonds is 51. The minimum Gasteiger partial charge on any atom is -0.456 e. The number of carbonyl (C=O) groups excluding carboxylic acids is 7. The number of esters is 3. The van der Waals surface area contributed by atoms with Crippen molar-refractivity contribution in [3.63, 3.8) is 0 Å². The minimum atomic E-state index is -3.69. The van der Waals surface area contributed by atoms with E-state index >= 15 is 0 Å². The molecule has 0 radical (unpaired) electrons. The fourth-order valence-electron chi connectivity index (χ4n) is 15.4. The molecule has 0 aromatic heterocycles. The number of carbonyl (C=O) groups is 7. The van der Waals surface area contributed by atoms with Crippen LogP contribution in [0.2, 0.25) is 0 Å². The molecular formula is C107H137N4O18P. The first-order valence-electron chi connectivity index (χ1n) is 46.1. The highest BCUT2D eigenvalue weighted by molar-refractivity contribution is 7.48. The van der Waals surface area contributed by atoms with Gasteiger partial charge in [0.15, 0.2) is 0 Å². The maximum atomic E-state index is 13.0. The molecular weight excluding hydrogens is 1660 g/mol. The lowest BCUT2D eigenvalue weighted by molar-refractivity contribution is -0.123. The second-order valence-electron chi connectivity index (χ2n) is 32.2. The molecule has 1 aliphatic rings. The molecule has 10 rings (SSSR count). The van der Waals surface area contributed by atoms with E-state index < -0.39 is 85.5 Å². The van der Waals surface area contributed by atoms with Crippen molar-refractivity contribution in [2.75, 3.05) is 39.6 Å². The average Bonchev–Trinajstić information content (AvgIpc) is 0.770. The van der Waals surface area contributed by atoms with E-state index in [0.29, 0.717) is 42.4 Å². The predicted molar refractivity (Wildman–Crippen MR) is 510 cm³/mol. The second kappa shape index (κ2) is 60.0. The molecule has 130 heavy (non-hydrogen) atoms. The topological polar surface area (TPSA) is 299 Å². The fourth-order valence-corrected chi connectivity index (χ4v) is 16.6. The van der Waals surface area contributed by atoms with Gasteiger partial charge in [-0.15, -0.1) is 0 Å². The van der Waals surface area contributed by atoms with Gasteiger partial charge in [-0.25, -0.2) is 18.9 Å². The third-order valence-corrected chi connectivity index (χ3v) is 23.4. The summed E-state index contributed by atoms with van der Waals surface area (Å²) in [5.41, 5.74) is 5.29. The third kappa shape index (κ3) is 36.0. The van der Waals surface area contributed by atoms with Crippen molar-refractivity contribution in [1.82, 2.24) is 21.3 Å². The molecule has 4 amide bonds. The van der Waals surface area contributed by atoms with Crippen LogP contribution in [0.15, 0.2) is 285 Å². The van der Waals surface area contributed by atoms with E-state index in [9.17, 15) is 48.3 Å². The van der Waals surface area contributed by atoms with Crippen LogP contribution in [0.4, 0.5) is 0 Å². The number of hydrogen-bond donors (Lipinski definition) is 6. The molecule has 6 N–H and O–H groups in total. The van der Waals surface area contributed by atoms with Gasteiger partial charge >= 0.3 is 25.7 Å². The standard InChI is InChI=1S/C34H35NO4.C31H50NO7P.C27H31NO3.C15H21NO4/c1-3-16-32(39-33(37)27-17-8-4-9-18-27)31(35-26(2)36)25-38-34(28-19-10-5-11-20-28,29-21-12-6-13-22-29)30-23-14-7-15-24-30;1-3-5-6-7-8-9-10-11-12-13-14-15-19-23-30(33)32-28(26-38-40(35)36-24-25-37-40)29(20-4-2)39-31(34)27-21-17-16-18-22-27;1-3-13-26(30)25(28-21(2)29)20-31-27(22-14-7-4-8-15-22,23-16-9-5-10-17-23)24-18-11-6-12-19-24;1-3-7-14(13(10-17)16-11(2)18)20-15(19)12-8-5-4-6-9-12/h4-15,17-24,31-32H,3,16,25H2,1-2H3,(H,35,36);4,16-18,20-22,28-29H,3,5-15,19,23-26H2,1-2H3,(H,32,33);4-12,14-19,25-26,30H,3,13,20H2,1-2H3,(H,28,29);4-6,8-9,13-14,17H,3,7,10H2,1-2H3,(H,16,18)/b;20-4+;;/t31-,32+;28-,29+;25-,26+;13-,14+/m0000/s1. The van der Waals surface area contributed by atoms with Crippen molar-refractivity contribution in [1.29, 1.82) is 0 Å². The van der Waals surface area contributed by atoms with Gasteiger partial charge in [0.1, 0.15) is 29.5 Å². The molecule has 22 nitrogen and oxygen atoms in total. The van der Waals surface area contributed by atoms with Crippen molar-refractivity contribution in [3.8, 4) is 0 Å². The number of aliphatic hydroxyl groups is 2. The molecule has 9 aromatic rings. The SMILES string of the molecule is C/C=C/[C@@H](OC(=O)c1ccccc1)[C@H](COP1(=O)OCCO1)NC(=O)CCCCCCCCCCCCCCC.CCC[C@@H](O)[C@H](COC(c1ccccc1)(c1ccccc1)c1ccccc1)NC(C)=O.CCC[C@@H](OC(=O)c1ccccc1)[C@H](CO)NC(C)=O.CCC[C@@H](OC(=O)c1ccccc1)[C@H](COC(c1ccccc1)(c1ccccc1)c1ccccc1)NC(C)=O. The van der Waals surface area contributed by atoms with Gasteiger partial charge in [0.25, 0.3) is 0 Å². The van der Waals surface area contributed by atoms with Gasteiger partial charge in [-0.3, -0.25) is 32.7 Å². The Labute approximate surface area is 770 Å². The molecule has 1 heterocycles. The maximum Gasteiger partial charge on any atom is 0.475 e. The molecule has 0 unspecified atom stereocenters. The molecule has 23 heteroatoms. The lowest BCUT2D eigenvalue weighted by atomic mass is 9.80. The Kier molecular flexibility index (Phi) is 48.9. The molecule has 0 spiro atoms. The molecule has 0 aliphatic carbocycles. The first-order valence-corrected chi connectivity index (χ1v) is 47.6. The zero-order valence-electron chi connectivity index (χ0n) is 77.0. The Morgan fingerprint density at radius 3 is 1.00 bits per heavy atom. The number of nitrogens with one attached hydrogen (secondary N) is 4. The highest BCUT2D eigenvalue weighted by Gasteiger charge is 2.42. The van der Waals surface area contributed by atoms with Crippen molar-refractivity contribution >= 4 is 49.4 Å². The molecule has 1 fully saturated rings. The second-order valence-corrected chi connectivity index (χ2v) is 33.8. The van der Waals surface area contributed by atoms with Crippen LogP contribution in [0.3, 0.4) is 0 Å². The number of allylic oxidation sites excluding steroid dienone is 1. The zero-order valence-corrected chi connectivity index (χ0v) is 77.9. The van der Waals surface area contributed by atoms with E-state index in [0.717, 1.165) is 71.9 Å². The van der Waals surface area contributed by atoms with Crippen LogP contribution in [-0.4, -0.2) is 140 Å². The van der Waals surface area contributed by atoms with Crippen molar-refractivity contribution < 1.29 is 85.6 Å². The maximum absolute atomic E-state index is 13.0. The Morgan fingerprint density at radius 2 is 0.677 bits per heavy atom. The fraction of sp³-hybridized carbons (Fsp3) is 0.411. The van der Waals surface area contributed by atoms with Crippen molar-refractivity contribution in [2.45, 2.75) is 244 Å². The van der Waals surface area contributed by atoms with Crippen LogP contribution in [0.5, 0.6) is 0 Å². The van der Waals surface area contributed by atoms with Crippen LogP contribution in [0.1, 0.15) is 248 Å². The summed E-state index contributed by atoms with van der Waals surface area (Å²) < 4.78 is 59.0. The normalized spacial score (nSPS) is 14.0. The molecule has 8 atom stereocenters. The lowest BCUT2D eigenvalue weighted by Crippen LogP contribution is -2.49. The van der Waals surface area contributed by atoms with Crippen LogP contribution < -0.4 is 21.3 Å². The molecule has 0 saturated carbocycles. The summed E-state index contributed by atoms with van der Waals surface area (Å²) in [5, 5.41) is 31.4. The number of phosphoric acid groups is 1. The monoisotopic (exact) mass is 1800 g/mol. The summed E-state index contributed by atoms with van der Waals surface area (Å²) in [7, 11) is -3.69. The molecule has 0 bridgehead atoms. The molecule has 698 valence electrons. The summed E-state index contributed by atoms with van der Waals surface area (Å²) in [6.07, 6.45) is 21.3. The third-order valence-electron chi connectivity index (χ3n) is 21.9. The molecule has 1 saturated heterocycles. The first-order chi connectivity index (χ1) is 63.2. The number of phosphoric ester groups is 1. The summed E-state index contributed by atoms with van der Waals surface area (Å²) in [5.74, 6) is -2.25. The van der Waals surface area contributed by atoms with Crippen molar-refractivity contribution in [2.24, 2.45) is 0 Å². The number of benzene rings is 9. The van der Waals surface area contributed by atoms with E-state index in [1.54, 1.807) is 91.9 Å². The van der Waals surface area contributed by atoms with Crippen LogP contribution in [0, 0.1) is 0 Å². The molecule has 1 aliphatic heterocycles. The minimum absolute atomic E-state index is 0.116. The van der Waals surface area contributed by atoms with E-state index in [4.69, 9.17) is 37.3 Å². The van der Waals surface area contributed by atoms with Gasteiger partial charge in [0.05, 0.1) is 86.6 Å². The Balaban J connectivity index is 0.000000243. The average molecular weight is 1800 g/mol. The summed E-state index contributed by atoms with van der Waals surface area (Å²) in [4.78, 5) is 85.9. The summed E-state index contributed by atoms with van der Waals surface area (Å²) >= 11 is 0. The van der Waals surface area contributed by atoms with E-state index in [-0.39, 0.29) is 63.3 Å². The number of unbranched alkanes of at least 4 members (excludes halogenated alkanes) is 12. The Morgan fingerprint density at radius 1 is 0.377 bits per heavy atom. The van der Waals surface area contributed by atoms with Crippen LogP contribution in [0.25, 0.3) is 0 Å². The van der Waals surface area contributed by atoms with Crippen LogP contribution >= 0.6 is 7.82 Å². The first kappa shape index (κ1) is 106. The smallest absolute Gasteiger partial charge is 0.456 e.